The molecule has 15 rings (SSSR count). The van der Waals surface area contributed by atoms with E-state index in [-0.39, 0.29) is 16.4 Å². The van der Waals surface area contributed by atoms with Gasteiger partial charge in [0.2, 0.25) is 0 Å². The summed E-state index contributed by atoms with van der Waals surface area (Å²) >= 11 is 0. The number of benzene rings is 12. The van der Waals surface area contributed by atoms with Crippen molar-refractivity contribution in [3.8, 4) is 0 Å². The Labute approximate surface area is 503 Å². The highest BCUT2D eigenvalue weighted by Crippen LogP contribution is 2.62. The van der Waals surface area contributed by atoms with Crippen molar-refractivity contribution in [1.29, 1.82) is 0 Å². The summed E-state index contributed by atoms with van der Waals surface area (Å²) in [4.78, 5) is 10.6. The zero-order chi connectivity index (χ0) is 57.9. The Morgan fingerprint density at radius 3 is 1.46 bits per heavy atom. The van der Waals surface area contributed by atoms with Crippen molar-refractivity contribution < 1.29 is 0 Å². The van der Waals surface area contributed by atoms with Gasteiger partial charge >= 0.3 is 0 Å². The second kappa shape index (κ2) is 20.3. The van der Waals surface area contributed by atoms with Crippen molar-refractivity contribution in [3.63, 3.8) is 0 Å². The molecular formula is C81H78N4. The highest BCUT2D eigenvalue weighted by molar-refractivity contribution is 6.28. The minimum Gasteiger partial charge on any atom is -0.342 e. The van der Waals surface area contributed by atoms with Crippen molar-refractivity contribution in [2.45, 2.75) is 130 Å². The number of aryl methyl sites for hydroxylation is 4. The molecule has 3 aliphatic rings. The Morgan fingerprint density at radius 1 is 0.400 bits per heavy atom. The first kappa shape index (κ1) is 53.1. The summed E-state index contributed by atoms with van der Waals surface area (Å²) in [6.07, 6.45) is 10.9. The third kappa shape index (κ3) is 8.29. The van der Waals surface area contributed by atoms with Crippen LogP contribution in [0.1, 0.15) is 119 Å². The second-order valence-electron chi connectivity index (χ2n) is 26.3. The first-order valence-corrected chi connectivity index (χ1v) is 31.6. The van der Waals surface area contributed by atoms with Crippen LogP contribution in [0, 0.1) is 27.7 Å². The molecule has 0 spiro atoms. The molecule has 2 fully saturated rings. The van der Waals surface area contributed by atoms with E-state index in [1.165, 1.54) is 189 Å². The lowest BCUT2D eigenvalue weighted by Crippen LogP contribution is -2.54. The highest BCUT2D eigenvalue weighted by atomic mass is 15.3. The molecule has 2 unspecified atom stereocenters. The van der Waals surface area contributed by atoms with Gasteiger partial charge in [-0.3, -0.25) is 0 Å². The Morgan fingerprint density at radius 2 is 0.882 bits per heavy atom. The molecule has 1 aliphatic heterocycles. The zero-order valence-corrected chi connectivity index (χ0v) is 51.0. The number of hydrogen-bond donors (Lipinski definition) is 0. The third-order valence-electron chi connectivity index (χ3n) is 21.1. The number of hydrogen-bond acceptors (Lipinski definition) is 4. The summed E-state index contributed by atoms with van der Waals surface area (Å²) in [5.41, 5.74) is 20.2. The van der Waals surface area contributed by atoms with Crippen LogP contribution in [-0.2, 0) is 10.8 Å². The minimum atomic E-state index is -0.0672. The van der Waals surface area contributed by atoms with E-state index in [4.69, 9.17) is 0 Å². The second-order valence-corrected chi connectivity index (χ2v) is 26.3. The van der Waals surface area contributed by atoms with Gasteiger partial charge in [0, 0.05) is 67.6 Å². The lowest BCUT2D eigenvalue weighted by Gasteiger charge is -2.50. The van der Waals surface area contributed by atoms with E-state index < -0.39 is 0 Å². The van der Waals surface area contributed by atoms with Crippen LogP contribution in [0.25, 0.3) is 53.9 Å². The molecule has 0 saturated heterocycles. The Kier molecular flexibility index (Phi) is 12.7. The van der Waals surface area contributed by atoms with Gasteiger partial charge in [-0.05, 0) is 212 Å². The smallest absolute Gasteiger partial charge is 0.0569 e. The van der Waals surface area contributed by atoms with Crippen LogP contribution in [0.4, 0.5) is 56.9 Å². The quantitative estimate of drug-likeness (QED) is 0.120. The number of para-hydroxylation sites is 2. The maximum absolute atomic E-state index is 2.70. The van der Waals surface area contributed by atoms with Crippen LogP contribution in [0.5, 0.6) is 0 Å². The summed E-state index contributed by atoms with van der Waals surface area (Å²) in [7, 11) is 0. The fraction of sp³-hybridized carbons (Fsp3) is 0.259. The van der Waals surface area contributed by atoms with Crippen molar-refractivity contribution in [1.82, 2.24) is 0 Å². The maximum atomic E-state index is 2.70. The lowest BCUT2D eigenvalue weighted by molar-refractivity contribution is 0.195. The topological polar surface area (TPSA) is 13.0 Å². The van der Waals surface area contributed by atoms with Crippen LogP contribution < -0.4 is 19.6 Å². The monoisotopic (exact) mass is 1110 g/mol. The first-order valence-electron chi connectivity index (χ1n) is 31.6. The summed E-state index contributed by atoms with van der Waals surface area (Å²) in [5.74, 6) is 0. The van der Waals surface area contributed by atoms with Crippen LogP contribution in [-0.4, -0.2) is 12.1 Å². The van der Waals surface area contributed by atoms with E-state index in [9.17, 15) is 0 Å². The number of fused-ring (bicyclic) bond motifs is 5. The van der Waals surface area contributed by atoms with Crippen LogP contribution >= 0.6 is 0 Å². The molecule has 0 aromatic heterocycles. The van der Waals surface area contributed by atoms with Gasteiger partial charge in [0.15, 0.2) is 0 Å². The average molecular weight is 1110 g/mol. The van der Waals surface area contributed by atoms with Crippen molar-refractivity contribution >= 4 is 111 Å². The van der Waals surface area contributed by atoms with E-state index in [0.29, 0.717) is 0 Å². The first-order chi connectivity index (χ1) is 41.4. The van der Waals surface area contributed by atoms with E-state index in [1.807, 2.05) is 0 Å². The lowest BCUT2D eigenvalue weighted by atomic mass is 9.61. The van der Waals surface area contributed by atoms with Crippen LogP contribution in [0.3, 0.4) is 0 Å². The van der Waals surface area contributed by atoms with Crippen molar-refractivity contribution in [2.24, 2.45) is 0 Å². The molecule has 0 radical (unpaired) electrons. The van der Waals surface area contributed by atoms with Gasteiger partial charge in [0.05, 0.1) is 28.3 Å². The van der Waals surface area contributed by atoms with E-state index in [0.717, 1.165) is 19.4 Å². The van der Waals surface area contributed by atoms with Gasteiger partial charge in [-0.2, -0.15) is 0 Å². The minimum absolute atomic E-state index is 0.0157. The summed E-state index contributed by atoms with van der Waals surface area (Å²) in [6, 6.07) is 79.8. The van der Waals surface area contributed by atoms with Gasteiger partial charge < -0.3 is 19.6 Å². The molecule has 2 saturated carbocycles. The summed E-state index contributed by atoms with van der Waals surface area (Å²) < 4.78 is 0. The predicted molar refractivity (Wildman–Crippen MR) is 366 cm³/mol. The Balaban J connectivity index is 0.987. The number of nitrogens with zero attached hydrogens (tertiary/aromatic N) is 4. The molecule has 422 valence electrons. The van der Waals surface area contributed by atoms with Crippen LogP contribution in [0.2, 0.25) is 0 Å². The van der Waals surface area contributed by atoms with Gasteiger partial charge in [0.25, 0.3) is 0 Å². The molecule has 4 nitrogen and oxygen atoms in total. The van der Waals surface area contributed by atoms with Crippen LogP contribution in [0.15, 0.2) is 206 Å². The molecule has 12 aromatic rings. The van der Waals surface area contributed by atoms with Gasteiger partial charge in [-0.15, -0.1) is 0 Å². The molecule has 0 N–H and O–H groups in total. The fourth-order valence-electron chi connectivity index (χ4n) is 16.5. The van der Waals surface area contributed by atoms with Crippen molar-refractivity contribution in [2.75, 3.05) is 26.1 Å². The molecule has 4 heteroatoms. The Hall–Kier alpha value is -8.60. The standard InChI is InChI=1S/C81H78N4/c1-9-82(61-21-13-10-14-22-61)73-43-37-63(51-69(73)79(6)45-17-12-18-46-79)83(77-55(4)27-31-57-29-25-53(2)49-67(57)77)71-41-35-59-34-40-66-72(42-36-60-33-39-65(71)75(59)76(60)66)84(78-56(5)28-32-58-30-26-54(3)50-68(58)78)64-38-44-74-70(52-64)80(7)47-19-20-48-81(80,8)85(74)62-23-15-11-16-24-62/h10-11,13-16,21-44,49-52H,9,12,17-20,45-48H2,1-8H3. The number of rotatable bonds is 11. The van der Waals surface area contributed by atoms with E-state index in [1.54, 1.807) is 0 Å². The molecule has 0 bridgehead atoms. The van der Waals surface area contributed by atoms with Gasteiger partial charge in [-0.25, -0.2) is 0 Å². The SMILES string of the molecule is CCN(c1ccccc1)c1ccc(N(c2c(C)ccc3ccc(C)cc23)c2ccc3ccc4c(N(c5ccc6c(c5)C5(C)CCCCC5(C)N6c5ccccc5)c5c(C)ccc6ccc(C)cc56)ccc5ccc2c3c54)cc1C1(C)CCCCC1. The van der Waals surface area contributed by atoms with E-state index >= 15 is 0 Å². The van der Waals surface area contributed by atoms with Crippen molar-refractivity contribution in [3.05, 3.63) is 240 Å². The largest absolute Gasteiger partial charge is 0.342 e. The fourth-order valence-corrected chi connectivity index (χ4v) is 16.5. The van der Waals surface area contributed by atoms with E-state index in [2.05, 4.69) is 281 Å². The average Bonchev–Trinajstić information content (AvgIpc) is 1.66. The molecule has 12 aromatic carbocycles. The highest BCUT2D eigenvalue weighted by Gasteiger charge is 2.58. The summed E-state index contributed by atoms with van der Waals surface area (Å²) in [6.45, 7) is 20.0. The van der Waals surface area contributed by atoms with Gasteiger partial charge in [-0.1, -0.05) is 178 Å². The molecule has 2 atom stereocenters. The zero-order valence-electron chi connectivity index (χ0n) is 51.0. The third-order valence-corrected chi connectivity index (χ3v) is 21.1. The normalized spacial score (nSPS) is 18.4. The summed E-state index contributed by atoms with van der Waals surface area (Å²) in [5, 5.41) is 12.6. The molecule has 85 heavy (non-hydrogen) atoms. The molecule has 0 amide bonds. The molecular weight excluding hydrogens is 1030 g/mol. The molecule has 2 aliphatic carbocycles. The van der Waals surface area contributed by atoms with Gasteiger partial charge in [0.1, 0.15) is 0 Å². The molecule has 1 heterocycles. The maximum Gasteiger partial charge on any atom is 0.0569 e. The Bertz CT molecular complexity index is 4560. The number of anilines is 10. The predicted octanol–water partition coefficient (Wildman–Crippen LogP) is 23.2.